The first kappa shape index (κ1) is 21.6. The van der Waals surface area contributed by atoms with Crippen molar-refractivity contribution >= 4 is 33.4 Å². The number of nitrogens with zero attached hydrogens (tertiary/aromatic N) is 4. The van der Waals surface area contributed by atoms with E-state index < -0.39 is 11.9 Å². The van der Waals surface area contributed by atoms with Crippen LogP contribution in [0.5, 0.6) is 0 Å². The molecule has 0 N–H and O–H groups in total. The molecule has 2 aromatic rings. The van der Waals surface area contributed by atoms with Crippen molar-refractivity contribution in [3.63, 3.8) is 0 Å². The van der Waals surface area contributed by atoms with Gasteiger partial charge in [0.1, 0.15) is 6.54 Å². The van der Waals surface area contributed by atoms with E-state index in [0.717, 1.165) is 24.9 Å². The molecule has 1 aromatic carbocycles. The Morgan fingerprint density at radius 2 is 1.77 bits per heavy atom. The van der Waals surface area contributed by atoms with Gasteiger partial charge in [0, 0.05) is 43.7 Å². The van der Waals surface area contributed by atoms with E-state index in [4.69, 9.17) is 11.6 Å². The maximum absolute atomic E-state index is 13.2. The Hall–Kier alpha value is -1.58. The van der Waals surface area contributed by atoms with Gasteiger partial charge in [-0.3, -0.25) is 14.4 Å². The standard InChI is InChI=1S/C20H21BrClF3N4O/c21-17-18(14-3-4-14)29(26-19(17)20(23,24)25)12-16(30)28-9-7-27(8-10-28)11-13-1-5-15(22)6-2-13/h1-2,5-6,14H,3-4,7-12H2. The van der Waals surface area contributed by atoms with Gasteiger partial charge in [-0.25, -0.2) is 0 Å². The number of hydrogen-bond donors (Lipinski definition) is 0. The fourth-order valence-corrected chi connectivity index (χ4v) is 4.69. The van der Waals surface area contributed by atoms with Crippen molar-refractivity contribution in [2.24, 2.45) is 0 Å². The molecule has 1 saturated heterocycles. The summed E-state index contributed by atoms with van der Waals surface area (Å²) < 4.78 is 41.0. The molecule has 2 heterocycles. The lowest BCUT2D eigenvalue weighted by molar-refractivity contribution is -0.142. The summed E-state index contributed by atoms with van der Waals surface area (Å²) in [7, 11) is 0. The maximum Gasteiger partial charge on any atom is 0.436 e. The number of piperazine rings is 1. The summed E-state index contributed by atoms with van der Waals surface area (Å²) in [5, 5.41) is 4.42. The molecule has 1 amide bonds. The van der Waals surface area contributed by atoms with E-state index in [1.807, 2.05) is 24.3 Å². The molecule has 0 bridgehead atoms. The van der Waals surface area contributed by atoms with Crippen LogP contribution in [-0.4, -0.2) is 51.7 Å². The van der Waals surface area contributed by atoms with Gasteiger partial charge in [-0.1, -0.05) is 23.7 Å². The van der Waals surface area contributed by atoms with E-state index in [0.29, 0.717) is 36.9 Å². The van der Waals surface area contributed by atoms with Gasteiger partial charge in [0.15, 0.2) is 5.69 Å². The molecule has 1 aliphatic heterocycles. The second-order valence-corrected chi connectivity index (χ2v) is 8.99. The third-order valence-corrected chi connectivity index (χ3v) is 6.53. The van der Waals surface area contributed by atoms with Crippen LogP contribution in [-0.2, 0) is 24.1 Å². The van der Waals surface area contributed by atoms with Gasteiger partial charge >= 0.3 is 6.18 Å². The third kappa shape index (κ3) is 4.84. The monoisotopic (exact) mass is 504 g/mol. The number of carbonyl (C=O) groups excluding carboxylic acids is 1. The van der Waals surface area contributed by atoms with Gasteiger partial charge in [-0.2, -0.15) is 18.3 Å². The van der Waals surface area contributed by atoms with Gasteiger partial charge in [0.2, 0.25) is 5.91 Å². The summed E-state index contributed by atoms with van der Waals surface area (Å²) in [5.74, 6) is -0.168. The Morgan fingerprint density at radius 1 is 1.13 bits per heavy atom. The molecule has 10 heteroatoms. The zero-order valence-electron chi connectivity index (χ0n) is 16.1. The first-order chi connectivity index (χ1) is 14.2. The van der Waals surface area contributed by atoms with E-state index in [-0.39, 0.29) is 22.8 Å². The fraction of sp³-hybridized carbons (Fsp3) is 0.500. The van der Waals surface area contributed by atoms with Gasteiger partial charge < -0.3 is 4.90 Å². The second kappa shape index (κ2) is 8.51. The van der Waals surface area contributed by atoms with Crippen molar-refractivity contribution < 1.29 is 18.0 Å². The Kier molecular flexibility index (Phi) is 6.14. The maximum atomic E-state index is 13.2. The van der Waals surface area contributed by atoms with E-state index in [1.165, 1.54) is 4.68 Å². The lowest BCUT2D eigenvalue weighted by Gasteiger charge is -2.34. The van der Waals surface area contributed by atoms with Crippen molar-refractivity contribution in [2.45, 2.75) is 38.0 Å². The van der Waals surface area contributed by atoms with E-state index in [9.17, 15) is 18.0 Å². The summed E-state index contributed by atoms with van der Waals surface area (Å²) in [5.41, 5.74) is 0.677. The molecular formula is C20H21BrClF3N4O. The molecule has 1 saturated carbocycles. The smallest absolute Gasteiger partial charge is 0.339 e. The highest BCUT2D eigenvalue weighted by atomic mass is 79.9. The zero-order valence-corrected chi connectivity index (χ0v) is 18.5. The van der Waals surface area contributed by atoms with Crippen molar-refractivity contribution in [3.8, 4) is 0 Å². The van der Waals surface area contributed by atoms with Gasteiger partial charge in [0.05, 0.1) is 10.2 Å². The minimum atomic E-state index is -4.55. The lowest BCUT2D eigenvalue weighted by Crippen LogP contribution is -2.49. The molecule has 2 aliphatic rings. The predicted octanol–water partition coefficient (Wildman–Crippen LogP) is 4.54. The summed E-state index contributed by atoms with van der Waals surface area (Å²) in [6, 6.07) is 7.66. The molecule has 4 rings (SSSR count). The van der Waals surface area contributed by atoms with Crippen LogP contribution in [0.15, 0.2) is 28.7 Å². The molecule has 2 fully saturated rings. The number of hydrogen-bond acceptors (Lipinski definition) is 3. The Bertz CT molecular complexity index is 919. The van der Waals surface area contributed by atoms with Crippen LogP contribution in [0.1, 0.15) is 35.7 Å². The number of carbonyl (C=O) groups is 1. The Balaban J connectivity index is 1.38. The topological polar surface area (TPSA) is 41.4 Å². The number of halogens is 5. The van der Waals surface area contributed by atoms with Gasteiger partial charge in [-0.05, 0) is 46.5 Å². The zero-order chi connectivity index (χ0) is 21.5. The second-order valence-electron chi connectivity index (χ2n) is 7.76. The van der Waals surface area contributed by atoms with Crippen LogP contribution in [0.4, 0.5) is 13.2 Å². The molecule has 5 nitrogen and oxygen atoms in total. The summed E-state index contributed by atoms with van der Waals surface area (Å²) in [4.78, 5) is 16.7. The van der Waals surface area contributed by atoms with Crippen molar-refractivity contribution in [2.75, 3.05) is 26.2 Å². The van der Waals surface area contributed by atoms with Crippen LogP contribution in [0.2, 0.25) is 5.02 Å². The molecule has 162 valence electrons. The number of alkyl halides is 3. The number of aromatic nitrogens is 2. The van der Waals surface area contributed by atoms with E-state index in [2.05, 4.69) is 25.9 Å². The summed E-state index contributed by atoms with van der Waals surface area (Å²) in [6.07, 6.45) is -2.91. The summed E-state index contributed by atoms with van der Waals surface area (Å²) >= 11 is 8.98. The number of benzene rings is 1. The first-order valence-electron chi connectivity index (χ1n) is 9.80. The largest absolute Gasteiger partial charge is 0.436 e. The SMILES string of the molecule is O=C(Cn1nc(C(F)(F)F)c(Br)c1C1CC1)N1CCN(Cc2ccc(Cl)cc2)CC1. The molecule has 0 spiro atoms. The predicted molar refractivity (Wildman–Crippen MR) is 110 cm³/mol. The first-order valence-corrected chi connectivity index (χ1v) is 11.0. The molecule has 1 aliphatic carbocycles. The number of amides is 1. The van der Waals surface area contributed by atoms with Crippen LogP contribution < -0.4 is 0 Å². The van der Waals surface area contributed by atoms with E-state index in [1.54, 1.807) is 4.90 Å². The highest BCUT2D eigenvalue weighted by Crippen LogP contribution is 2.47. The van der Waals surface area contributed by atoms with Crippen LogP contribution in [0.3, 0.4) is 0 Å². The minimum Gasteiger partial charge on any atom is -0.339 e. The third-order valence-electron chi connectivity index (χ3n) is 5.49. The molecule has 30 heavy (non-hydrogen) atoms. The average molecular weight is 506 g/mol. The molecule has 1 aromatic heterocycles. The highest BCUT2D eigenvalue weighted by molar-refractivity contribution is 9.10. The van der Waals surface area contributed by atoms with Crippen LogP contribution >= 0.6 is 27.5 Å². The normalized spacial score (nSPS) is 18.1. The molecular weight excluding hydrogens is 485 g/mol. The van der Waals surface area contributed by atoms with Crippen molar-refractivity contribution in [1.82, 2.24) is 19.6 Å². The van der Waals surface area contributed by atoms with Gasteiger partial charge in [0.25, 0.3) is 0 Å². The Labute approximate surface area is 185 Å². The molecule has 0 unspecified atom stereocenters. The fourth-order valence-electron chi connectivity index (χ4n) is 3.73. The molecule has 0 radical (unpaired) electrons. The van der Waals surface area contributed by atoms with Crippen molar-refractivity contribution in [3.05, 3.63) is 50.7 Å². The number of rotatable bonds is 5. The van der Waals surface area contributed by atoms with Crippen LogP contribution in [0, 0.1) is 0 Å². The highest BCUT2D eigenvalue weighted by Gasteiger charge is 2.42. The summed E-state index contributed by atoms with van der Waals surface area (Å²) in [6.45, 7) is 3.10. The average Bonchev–Trinajstić information content (AvgIpc) is 3.47. The van der Waals surface area contributed by atoms with Crippen LogP contribution in [0.25, 0.3) is 0 Å². The molecule has 0 atom stereocenters. The lowest BCUT2D eigenvalue weighted by atomic mass is 10.2. The van der Waals surface area contributed by atoms with Gasteiger partial charge in [-0.15, -0.1) is 0 Å². The Morgan fingerprint density at radius 3 is 2.33 bits per heavy atom. The van der Waals surface area contributed by atoms with Crippen molar-refractivity contribution in [1.29, 1.82) is 0 Å². The quantitative estimate of drug-likeness (QED) is 0.599. The van der Waals surface area contributed by atoms with E-state index >= 15 is 0 Å². The minimum absolute atomic E-state index is 0.0296.